The van der Waals surface area contributed by atoms with Crippen LogP contribution in [0.25, 0.3) is 10.8 Å². The molecule has 14 unspecified atom stereocenters. The van der Waals surface area contributed by atoms with E-state index in [4.69, 9.17) is 28.4 Å². The third kappa shape index (κ3) is 17.4. The number of nitrogens with one attached hydrogen (secondary N) is 4. The van der Waals surface area contributed by atoms with Gasteiger partial charge in [0.2, 0.25) is 5.91 Å². The Bertz CT molecular complexity index is 3870. The number of aliphatic hydroxyl groups excluding tert-OH is 5. The zero-order valence-electron chi connectivity index (χ0n) is 50.9. The van der Waals surface area contributed by atoms with Gasteiger partial charge in [0, 0.05) is 41.8 Å². The number of aromatic nitrogens is 5. The molecule has 4 fully saturated rings. The lowest BCUT2D eigenvalue weighted by Gasteiger charge is -2.49. The Hall–Kier alpha value is -7.29. The Kier molecular flexibility index (Phi) is 23.1. The smallest absolute Gasteiger partial charge is 0.338 e. The fourth-order valence-corrected chi connectivity index (χ4v) is 13.9. The predicted molar refractivity (Wildman–Crippen MR) is 323 cm³/mol. The van der Waals surface area contributed by atoms with E-state index in [9.17, 15) is 90.1 Å². The fraction of sp³-hybridized carbons (Fsp3) is 0.550. The molecule has 94 heavy (non-hydrogen) atoms. The normalized spacial score (nSPS) is 27.3. The Labute approximate surface area is 536 Å². The molecule has 0 spiro atoms. The minimum absolute atomic E-state index is 0.00385. The molecule has 0 bridgehead atoms. The van der Waals surface area contributed by atoms with Crippen molar-refractivity contribution < 1.29 is 109 Å². The number of anilines is 1. The highest BCUT2D eigenvalue weighted by molar-refractivity contribution is 7.86. The van der Waals surface area contributed by atoms with Crippen LogP contribution in [0.5, 0.6) is 0 Å². The molecule has 32 nitrogen and oxygen atoms in total. The molecule has 2 saturated heterocycles. The quantitative estimate of drug-likeness (QED) is 0.0207. The number of aryl methyl sites for hydroxylation is 3. The highest BCUT2D eigenvalue weighted by Crippen LogP contribution is 2.40. The molecule has 5 aromatic rings. The van der Waals surface area contributed by atoms with Gasteiger partial charge >= 0.3 is 17.6 Å². The largest absolute Gasteiger partial charge is 0.479 e. The van der Waals surface area contributed by atoms with Gasteiger partial charge in [0.1, 0.15) is 64.0 Å². The molecule has 2 amide bonds. The van der Waals surface area contributed by atoms with E-state index in [1.165, 1.54) is 55.1 Å². The Balaban J connectivity index is 0.963. The second kappa shape index (κ2) is 30.6. The van der Waals surface area contributed by atoms with Crippen LogP contribution in [0, 0.1) is 18.8 Å². The minimum atomic E-state index is -4.99. The lowest BCUT2D eigenvalue weighted by atomic mass is 9.78. The highest BCUT2D eigenvalue weighted by Gasteiger charge is 2.54. The van der Waals surface area contributed by atoms with Crippen LogP contribution in [-0.4, -0.2) is 203 Å². The maximum atomic E-state index is 14.7. The van der Waals surface area contributed by atoms with Crippen molar-refractivity contribution in [2.24, 2.45) is 11.8 Å². The highest BCUT2D eigenvalue weighted by atomic mass is 32.2. The average molecular weight is 1360 g/mol. The van der Waals surface area contributed by atoms with Gasteiger partial charge in [-0.3, -0.25) is 37.9 Å². The molecule has 0 radical (unpaired) electrons. The average Bonchev–Trinajstić information content (AvgIpc) is 0.821. The number of rotatable bonds is 26. The molecule has 2 saturated carbocycles. The van der Waals surface area contributed by atoms with E-state index < -0.39 is 175 Å². The lowest BCUT2D eigenvalue weighted by molar-refractivity contribution is -0.347. The second-order valence-corrected chi connectivity index (χ2v) is 26.8. The van der Waals surface area contributed by atoms with Crippen LogP contribution in [0.2, 0.25) is 0 Å². The van der Waals surface area contributed by atoms with Crippen molar-refractivity contribution in [3.05, 3.63) is 110 Å². The molecule has 34 heteroatoms. The number of hydrogen-bond acceptors (Lipinski definition) is 24. The van der Waals surface area contributed by atoms with Gasteiger partial charge < -0.3 is 74.7 Å². The minimum Gasteiger partial charge on any atom is -0.479 e. The Morgan fingerprint density at radius 1 is 0.798 bits per heavy atom. The molecule has 15 atom stereocenters. The van der Waals surface area contributed by atoms with Gasteiger partial charge in [-0.25, -0.2) is 14.4 Å². The number of ketones is 1. The number of amides is 2. The van der Waals surface area contributed by atoms with Crippen LogP contribution in [0.15, 0.2) is 86.2 Å². The maximum Gasteiger partial charge on any atom is 0.338 e. The topological polar surface area (TPSA) is 491 Å². The van der Waals surface area contributed by atoms with Crippen molar-refractivity contribution in [2.45, 2.75) is 199 Å². The first kappa shape index (κ1) is 71.0. The van der Waals surface area contributed by atoms with Crippen LogP contribution < -0.4 is 21.9 Å². The molecule has 3 aromatic carbocycles. The number of aliphatic carboxylic acids is 1. The van der Waals surface area contributed by atoms with Gasteiger partial charge in [-0.15, -0.1) is 5.10 Å². The SMILES string of the molecule is Cc1cc(S(=O)(=O)O)c2c(NC(=O)CCn3cc(CCCCC(=O)C4CC(NC(=O)c5cc(=O)[nH]c(=O)[nH]5)C(OC5OC(C)C(O)C(O)C5O)C(OC5OC(CO)C(O)C(O[C@@H](CC6CCCCC6)C(=O)O)C5OC(=O)c5ccccc5)C4)nn3)ccc(S(=O)(=O)O)c2c1. The number of carbonyl (C=O) groups is 5. The molecule has 4 heterocycles. The Morgan fingerprint density at radius 3 is 2.20 bits per heavy atom. The molecule has 2 aliphatic carbocycles. The van der Waals surface area contributed by atoms with E-state index in [2.05, 4.69) is 25.9 Å². The number of ether oxygens (including phenoxy) is 6. The molecular formula is C60H75N7O25S2. The number of carboxylic acid groups (broad SMARTS) is 1. The van der Waals surface area contributed by atoms with E-state index in [1.54, 1.807) is 6.07 Å². The second-order valence-electron chi connectivity index (χ2n) is 24.0. The van der Waals surface area contributed by atoms with Crippen LogP contribution in [0.1, 0.15) is 116 Å². The first-order valence-electron chi connectivity index (χ1n) is 30.5. The third-order valence-electron chi connectivity index (χ3n) is 17.2. The summed E-state index contributed by atoms with van der Waals surface area (Å²) in [4.78, 5) is 97.1. The summed E-state index contributed by atoms with van der Waals surface area (Å²) in [5.41, 5.74) is -2.11. The summed E-state index contributed by atoms with van der Waals surface area (Å²) in [5.74, 6) is -5.81. The fourth-order valence-electron chi connectivity index (χ4n) is 12.4. The molecule has 512 valence electrons. The van der Waals surface area contributed by atoms with Gasteiger partial charge in [-0.1, -0.05) is 55.5 Å². The molecule has 2 aromatic heterocycles. The van der Waals surface area contributed by atoms with Crippen molar-refractivity contribution in [2.75, 3.05) is 11.9 Å². The zero-order valence-corrected chi connectivity index (χ0v) is 52.5. The summed E-state index contributed by atoms with van der Waals surface area (Å²) in [5, 5.41) is 79.0. The number of Topliss-reactive ketones (excluding diaryl/α,β-unsaturated/α-hetero) is 1. The van der Waals surface area contributed by atoms with Crippen LogP contribution in [0.3, 0.4) is 0 Å². The predicted octanol–water partition coefficient (Wildman–Crippen LogP) is 0.839. The Morgan fingerprint density at radius 2 is 1.52 bits per heavy atom. The van der Waals surface area contributed by atoms with Gasteiger partial charge in [0.25, 0.3) is 31.7 Å². The van der Waals surface area contributed by atoms with Gasteiger partial charge in [-0.2, -0.15) is 16.8 Å². The van der Waals surface area contributed by atoms with Crippen molar-refractivity contribution in [3.63, 3.8) is 0 Å². The summed E-state index contributed by atoms with van der Waals surface area (Å²) in [7, 11) is -9.89. The number of nitrogens with zero attached hydrogens (tertiary/aromatic N) is 3. The standard InChI is InChI=1S/C60H75N7O25S2/c1-29-21-35-43(93(81,82)83)18-17-36(47(35)44(22-29)94(84,85)86)61-45(70)19-20-67-27-34(65-66-67)15-9-10-16-39(69)33-24-37(62-55(76)38-26-46(71)64-60(80)63-38)52(92-58-51(75)50(74)48(72)30(2)87-58)40(25-33)89-59-54(91-57(79)32-13-7-4-8-14-32)53(49(73)42(28-68)90-59)88-41(56(77)78)23-31-11-5-3-6-12-31/h4,7-8,13-14,17-18,21-22,26-27,30-31,33,37,40-42,48-54,58-59,68,72-75H,3,5-6,9-12,15-16,19-20,23-25,28H2,1-2H3,(H,61,70)(H,62,76)(H,77,78)(H,81,82,83)(H,84,85,86)(H2,63,64,71,80)/t30?,33?,37?,40?,41-,42?,48?,49?,50?,51?,52?,53?,54?,58?,59?/m0/s1. The van der Waals surface area contributed by atoms with Crippen LogP contribution >= 0.6 is 0 Å². The summed E-state index contributed by atoms with van der Waals surface area (Å²) in [6.45, 7) is 1.80. The van der Waals surface area contributed by atoms with Crippen LogP contribution in [-0.2, 0) is 76.0 Å². The van der Waals surface area contributed by atoms with Gasteiger partial charge in [0.05, 0.1) is 48.3 Å². The maximum absolute atomic E-state index is 14.7. The summed E-state index contributed by atoms with van der Waals surface area (Å²) in [6.07, 6.45) is -17.1. The van der Waals surface area contributed by atoms with Crippen molar-refractivity contribution in [1.29, 1.82) is 0 Å². The number of esters is 1. The number of carbonyl (C=O) groups excluding carboxylic acids is 4. The summed E-state index contributed by atoms with van der Waals surface area (Å²) in [6, 6.07) is 11.2. The number of hydrogen-bond donors (Lipinski definition) is 12. The first-order chi connectivity index (χ1) is 44.6. The third-order valence-corrected chi connectivity index (χ3v) is 19.0. The van der Waals surface area contributed by atoms with E-state index in [0.717, 1.165) is 43.5 Å². The van der Waals surface area contributed by atoms with E-state index in [-0.39, 0.29) is 85.0 Å². The number of unbranched alkanes of at least 4 members (excludes halogenated alkanes) is 1. The van der Waals surface area contributed by atoms with E-state index in [1.807, 2.05) is 4.98 Å². The number of H-pyrrole nitrogens is 2. The number of aromatic amines is 2. The number of benzene rings is 3. The summed E-state index contributed by atoms with van der Waals surface area (Å²) < 4.78 is 108. The molecule has 2 aliphatic heterocycles. The molecule has 4 aliphatic rings. The van der Waals surface area contributed by atoms with E-state index >= 15 is 0 Å². The number of carboxylic acids is 1. The monoisotopic (exact) mass is 1360 g/mol. The van der Waals surface area contributed by atoms with Crippen molar-refractivity contribution >= 4 is 66.2 Å². The van der Waals surface area contributed by atoms with Gasteiger partial charge in [-0.05, 0) is 100 Å². The number of aliphatic hydroxyl groups is 5. The van der Waals surface area contributed by atoms with E-state index in [0.29, 0.717) is 25.0 Å². The summed E-state index contributed by atoms with van der Waals surface area (Å²) >= 11 is 0. The van der Waals surface area contributed by atoms with Gasteiger partial charge in [0.15, 0.2) is 24.8 Å². The lowest BCUT2D eigenvalue weighted by Crippen LogP contribution is -2.65. The molecular weight excluding hydrogens is 1280 g/mol. The van der Waals surface area contributed by atoms with Crippen LogP contribution in [0.4, 0.5) is 5.69 Å². The molecule has 9 rings (SSSR count). The number of fused-ring (bicyclic) bond motifs is 1. The zero-order chi connectivity index (χ0) is 67.9. The van der Waals surface area contributed by atoms with Crippen molar-refractivity contribution in [3.8, 4) is 0 Å². The first-order valence-corrected chi connectivity index (χ1v) is 33.4. The van der Waals surface area contributed by atoms with Crippen molar-refractivity contribution in [1.82, 2.24) is 30.3 Å². The molecule has 12 N–H and O–H groups in total.